The molecule has 0 aliphatic heterocycles. The molecule has 2 aromatic carbocycles. The van der Waals surface area contributed by atoms with Crippen molar-refractivity contribution in [2.75, 3.05) is 0 Å². The van der Waals surface area contributed by atoms with Gasteiger partial charge in [-0.15, -0.1) is 0 Å². The van der Waals surface area contributed by atoms with Gasteiger partial charge < -0.3 is 10.1 Å². The highest BCUT2D eigenvalue weighted by atomic mass is 19.4. The van der Waals surface area contributed by atoms with E-state index in [0.717, 1.165) is 36.0 Å². The second-order valence-electron chi connectivity index (χ2n) is 5.91. The molecular weight excluding hydrogens is 378 g/mol. The molecular formula is C19H15F4N3O2. The van der Waals surface area contributed by atoms with Gasteiger partial charge in [0.15, 0.2) is 11.4 Å². The molecule has 1 unspecified atom stereocenters. The lowest BCUT2D eigenvalue weighted by Gasteiger charge is -2.15. The summed E-state index contributed by atoms with van der Waals surface area (Å²) in [5, 5.41) is 6.11. The van der Waals surface area contributed by atoms with Gasteiger partial charge in [-0.1, -0.05) is 30.3 Å². The van der Waals surface area contributed by atoms with Crippen LogP contribution >= 0.6 is 0 Å². The van der Waals surface area contributed by atoms with Gasteiger partial charge in [-0.3, -0.25) is 0 Å². The number of nitrogens with one attached hydrogen (secondary N) is 1. The zero-order chi connectivity index (χ0) is 20.3. The van der Waals surface area contributed by atoms with Crippen LogP contribution in [0.25, 0.3) is 5.69 Å². The van der Waals surface area contributed by atoms with E-state index in [1.807, 2.05) is 0 Å². The van der Waals surface area contributed by atoms with Crippen molar-refractivity contribution in [3.63, 3.8) is 0 Å². The molecule has 0 bridgehead atoms. The Morgan fingerprint density at radius 1 is 1.11 bits per heavy atom. The minimum Gasteiger partial charge on any atom is -0.406 e. The highest BCUT2D eigenvalue weighted by molar-refractivity contribution is 5.71. The van der Waals surface area contributed by atoms with Crippen LogP contribution in [-0.4, -0.2) is 15.9 Å². The number of nitrogens with zero attached hydrogens (tertiary/aromatic N) is 2. The van der Waals surface area contributed by atoms with E-state index in [-0.39, 0.29) is 5.69 Å². The smallest absolute Gasteiger partial charge is 0.406 e. The van der Waals surface area contributed by atoms with Crippen LogP contribution in [0.3, 0.4) is 0 Å². The Morgan fingerprint density at radius 3 is 2.36 bits per heavy atom. The SMILES string of the molecule is CC(NC(=O)Oc1cnn(-c2ccc(F)cc2)c1C(F)(F)F)c1ccccc1. The number of carbonyl (C=O) groups excluding carboxylic acids is 1. The number of rotatable bonds is 4. The molecule has 1 aromatic heterocycles. The molecule has 0 spiro atoms. The molecule has 0 fully saturated rings. The summed E-state index contributed by atoms with van der Waals surface area (Å²) in [5.74, 6) is -1.36. The summed E-state index contributed by atoms with van der Waals surface area (Å²) in [6.45, 7) is 1.67. The normalized spacial score (nSPS) is 12.5. The maximum Gasteiger partial charge on any atom is 0.437 e. The van der Waals surface area contributed by atoms with Crippen molar-refractivity contribution in [3.05, 3.63) is 77.9 Å². The van der Waals surface area contributed by atoms with E-state index in [0.29, 0.717) is 4.68 Å². The van der Waals surface area contributed by atoms with Gasteiger partial charge >= 0.3 is 12.3 Å². The summed E-state index contributed by atoms with van der Waals surface area (Å²) in [6, 6.07) is 12.7. The van der Waals surface area contributed by atoms with Crippen LogP contribution in [0, 0.1) is 5.82 Å². The quantitative estimate of drug-likeness (QED) is 0.643. The van der Waals surface area contributed by atoms with Crippen LogP contribution in [0.4, 0.5) is 22.4 Å². The Morgan fingerprint density at radius 2 is 1.75 bits per heavy atom. The predicted octanol–water partition coefficient (Wildman–Crippen LogP) is 4.88. The number of ether oxygens (including phenoxy) is 1. The van der Waals surface area contributed by atoms with Gasteiger partial charge in [-0.25, -0.2) is 13.9 Å². The van der Waals surface area contributed by atoms with Crippen LogP contribution in [0.1, 0.15) is 24.2 Å². The van der Waals surface area contributed by atoms with Crippen molar-refractivity contribution < 1.29 is 27.1 Å². The summed E-state index contributed by atoms with van der Waals surface area (Å²) in [4.78, 5) is 12.1. The molecule has 5 nitrogen and oxygen atoms in total. The molecule has 0 saturated heterocycles. The van der Waals surface area contributed by atoms with Crippen molar-refractivity contribution in [3.8, 4) is 11.4 Å². The van der Waals surface area contributed by atoms with E-state index in [4.69, 9.17) is 4.74 Å². The summed E-state index contributed by atoms with van der Waals surface area (Å²) in [5.41, 5.74) is -0.541. The van der Waals surface area contributed by atoms with Crippen molar-refractivity contribution in [1.82, 2.24) is 15.1 Å². The highest BCUT2D eigenvalue weighted by Crippen LogP contribution is 2.37. The average molecular weight is 393 g/mol. The van der Waals surface area contributed by atoms with E-state index in [1.165, 1.54) is 0 Å². The van der Waals surface area contributed by atoms with E-state index in [9.17, 15) is 22.4 Å². The summed E-state index contributed by atoms with van der Waals surface area (Å²) >= 11 is 0. The van der Waals surface area contributed by atoms with Crippen LogP contribution in [-0.2, 0) is 6.18 Å². The first-order valence-corrected chi connectivity index (χ1v) is 8.20. The third kappa shape index (κ3) is 4.30. The summed E-state index contributed by atoms with van der Waals surface area (Å²) < 4.78 is 59.1. The molecule has 1 N–H and O–H groups in total. The molecule has 146 valence electrons. The van der Waals surface area contributed by atoms with Gasteiger partial charge in [0.2, 0.25) is 0 Å². The third-order valence-corrected chi connectivity index (χ3v) is 3.91. The number of hydrogen-bond donors (Lipinski definition) is 1. The molecule has 0 aliphatic carbocycles. The van der Waals surface area contributed by atoms with Gasteiger partial charge in [0, 0.05) is 0 Å². The fourth-order valence-corrected chi connectivity index (χ4v) is 2.58. The van der Waals surface area contributed by atoms with Crippen LogP contribution in [0.15, 0.2) is 60.8 Å². The summed E-state index contributed by atoms with van der Waals surface area (Å²) in [6.07, 6.45) is -5.12. The first-order chi connectivity index (χ1) is 13.3. The second kappa shape index (κ2) is 7.71. The first kappa shape index (κ1) is 19.4. The maximum atomic E-state index is 13.5. The molecule has 3 aromatic rings. The Labute approximate surface area is 157 Å². The molecule has 1 heterocycles. The topological polar surface area (TPSA) is 56.1 Å². The second-order valence-corrected chi connectivity index (χ2v) is 5.91. The third-order valence-electron chi connectivity index (χ3n) is 3.91. The number of halogens is 4. The number of hydrogen-bond acceptors (Lipinski definition) is 3. The Kier molecular flexibility index (Phi) is 5.34. The van der Waals surface area contributed by atoms with Crippen molar-refractivity contribution in [2.24, 2.45) is 0 Å². The average Bonchev–Trinajstić information content (AvgIpc) is 3.06. The molecule has 1 atom stereocenters. The van der Waals surface area contributed by atoms with E-state index in [1.54, 1.807) is 37.3 Å². The van der Waals surface area contributed by atoms with Crippen LogP contribution in [0.2, 0.25) is 0 Å². The number of alkyl halides is 3. The zero-order valence-electron chi connectivity index (χ0n) is 14.6. The van der Waals surface area contributed by atoms with Crippen LogP contribution < -0.4 is 10.1 Å². The lowest BCUT2D eigenvalue weighted by Crippen LogP contribution is -2.30. The van der Waals surface area contributed by atoms with E-state index < -0.39 is 35.6 Å². The van der Waals surface area contributed by atoms with Crippen LogP contribution in [0.5, 0.6) is 5.75 Å². The number of carbonyl (C=O) groups is 1. The fraction of sp³-hybridized carbons (Fsp3) is 0.158. The predicted molar refractivity (Wildman–Crippen MR) is 92.5 cm³/mol. The summed E-state index contributed by atoms with van der Waals surface area (Å²) in [7, 11) is 0. The minimum atomic E-state index is -4.86. The first-order valence-electron chi connectivity index (χ1n) is 8.20. The van der Waals surface area contributed by atoms with Crippen molar-refractivity contribution in [1.29, 1.82) is 0 Å². The fourth-order valence-electron chi connectivity index (χ4n) is 2.58. The number of amides is 1. The van der Waals surface area contributed by atoms with Crippen molar-refractivity contribution in [2.45, 2.75) is 19.1 Å². The van der Waals surface area contributed by atoms with E-state index >= 15 is 0 Å². The molecule has 28 heavy (non-hydrogen) atoms. The Bertz CT molecular complexity index is 954. The Hall–Kier alpha value is -3.36. The van der Waals surface area contributed by atoms with Gasteiger partial charge in [0.1, 0.15) is 5.82 Å². The number of aromatic nitrogens is 2. The molecule has 0 aliphatic rings. The molecule has 1 amide bonds. The largest absolute Gasteiger partial charge is 0.437 e. The minimum absolute atomic E-state index is 0.0263. The van der Waals surface area contributed by atoms with Crippen molar-refractivity contribution >= 4 is 6.09 Å². The zero-order valence-corrected chi connectivity index (χ0v) is 14.6. The Balaban J connectivity index is 1.84. The monoisotopic (exact) mass is 393 g/mol. The van der Waals surface area contributed by atoms with Gasteiger partial charge in [0.25, 0.3) is 0 Å². The standard InChI is InChI=1S/C19H15F4N3O2/c1-12(13-5-3-2-4-6-13)25-18(27)28-16-11-24-26(17(16)19(21,22)23)15-9-7-14(20)8-10-15/h2-12H,1H3,(H,25,27). The molecule has 0 saturated carbocycles. The highest BCUT2D eigenvalue weighted by Gasteiger charge is 2.40. The van der Waals surface area contributed by atoms with E-state index in [2.05, 4.69) is 10.4 Å². The maximum absolute atomic E-state index is 13.5. The molecule has 3 rings (SSSR count). The van der Waals surface area contributed by atoms with Gasteiger partial charge in [-0.05, 0) is 36.8 Å². The van der Waals surface area contributed by atoms with Gasteiger partial charge in [-0.2, -0.15) is 18.3 Å². The van der Waals surface area contributed by atoms with Gasteiger partial charge in [0.05, 0.1) is 17.9 Å². The molecule has 9 heteroatoms. The number of benzene rings is 2. The lowest BCUT2D eigenvalue weighted by atomic mass is 10.1. The molecule has 0 radical (unpaired) electrons. The lowest BCUT2D eigenvalue weighted by molar-refractivity contribution is -0.143.